The number of nitrogens with one attached hydrogen (secondary N) is 1. The summed E-state index contributed by atoms with van der Waals surface area (Å²) >= 11 is 0. The van der Waals surface area contributed by atoms with Gasteiger partial charge in [-0.3, -0.25) is 9.69 Å². The van der Waals surface area contributed by atoms with Gasteiger partial charge in [-0.1, -0.05) is 12.1 Å². The van der Waals surface area contributed by atoms with E-state index in [1.54, 1.807) is 0 Å². The molecular formula is C22H28N2O4. The molecule has 3 amide bonds. The summed E-state index contributed by atoms with van der Waals surface area (Å²) in [6.45, 7) is 0.00198. The summed E-state index contributed by atoms with van der Waals surface area (Å²) in [7, 11) is 0. The highest BCUT2D eigenvalue weighted by molar-refractivity contribution is 6.01. The van der Waals surface area contributed by atoms with Crippen molar-refractivity contribution in [3.8, 4) is 5.75 Å². The van der Waals surface area contributed by atoms with E-state index in [2.05, 4.69) is 17.4 Å². The molecule has 0 spiro atoms. The molecule has 0 unspecified atom stereocenters. The Morgan fingerprint density at radius 1 is 1.07 bits per heavy atom. The molecule has 4 saturated carbocycles. The molecule has 0 aromatic heterocycles. The predicted octanol–water partition coefficient (Wildman–Crippen LogP) is 2.45. The molecule has 0 radical (unpaired) electrons. The minimum Gasteiger partial charge on any atom is -0.491 e. The quantitative estimate of drug-likeness (QED) is 0.739. The fourth-order valence-electron chi connectivity index (χ4n) is 6.46. The van der Waals surface area contributed by atoms with Crippen LogP contribution in [0.4, 0.5) is 4.79 Å². The van der Waals surface area contributed by atoms with Gasteiger partial charge in [0.25, 0.3) is 0 Å². The van der Waals surface area contributed by atoms with Crippen LogP contribution in [0.2, 0.25) is 0 Å². The first-order chi connectivity index (χ1) is 13.5. The third-order valence-electron chi connectivity index (χ3n) is 7.28. The zero-order valence-electron chi connectivity index (χ0n) is 16.1. The number of β-amino-alcohol motifs (C(OH)–C–C–N with tert-alkyl or cyclic N) is 1. The highest BCUT2D eigenvalue weighted by Gasteiger charge is 2.51. The van der Waals surface area contributed by atoms with Crippen LogP contribution in [-0.4, -0.2) is 47.7 Å². The number of benzene rings is 1. The van der Waals surface area contributed by atoms with Gasteiger partial charge in [0.1, 0.15) is 18.5 Å². The van der Waals surface area contributed by atoms with Crippen molar-refractivity contribution in [3.05, 3.63) is 29.8 Å². The second-order valence-corrected chi connectivity index (χ2v) is 9.35. The first-order valence-corrected chi connectivity index (χ1v) is 10.5. The lowest BCUT2D eigenvalue weighted by Gasteiger charge is -2.57. The van der Waals surface area contributed by atoms with Crippen molar-refractivity contribution in [1.29, 1.82) is 0 Å². The highest BCUT2D eigenvalue weighted by Crippen LogP contribution is 2.60. The third kappa shape index (κ3) is 3.17. The van der Waals surface area contributed by atoms with E-state index in [4.69, 9.17) is 4.74 Å². The van der Waals surface area contributed by atoms with E-state index in [0.717, 1.165) is 22.7 Å². The summed E-state index contributed by atoms with van der Waals surface area (Å²) in [5.41, 5.74) is 1.81. The molecule has 1 aromatic rings. The van der Waals surface area contributed by atoms with Crippen molar-refractivity contribution in [2.24, 2.45) is 17.8 Å². The Hall–Kier alpha value is -2.08. The van der Waals surface area contributed by atoms with Crippen molar-refractivity contribution in [3.63, 3.8) is 0 Å². The van der Waals surface area contributed by atoms with Crippen LogP contribution in [0.1, 0.15) is 44.1 Å². The minimum atomic E-state index is -0.907. The van der Waals surface area contributed by atoms with Crippen molar-refractivity contribution < 1.29 is 19.4 Å². The molecule has 150 valence electrons. The summed E-state index contributed by atoms with van der Waals surface area (Å²) in [6, 6.07) is 7.94. The molecule has 2 N–H and O–H groups in total. The summed E-state index contributed by atoms with van der Waals surface area (Å²) in [5.74, 6) is 3.15. The Morgan fingerprint density at radius 2 is 1.68 bits per heavy atom. The zero-order chi connectivity index (χ0) is 19.3. The van der Waals surface area contributed by atoms with Crippen LogP contribution in [0.15, 0.2) is 24.3 Å². The molecule has 5 aliphatic rings. The number of aliphatic hydroxyl groups is 1. The lowest BCUT2D eigenvalue weighted by molar-refractivity contribution is -0.126. The van der Waals surface area contributed by atoms with E-state index in [1.165, 1.54) is 44.1 Å². The van der Waals surface area contributed by atoms with Crippen LogP contribution in [0.3, 0.4) is 0 Å². The third-order valence-corrected chi connectivity index (χ3v) is 7.28. The van der Waals surface area contributed by atoms with Crippen molar-refractivity contribution in [2.75, 3.05) is 19.7 Å². The van der Waals surface area contributed by atoms with Gasteiger partial charge in [-0.15, -0.1) is 0 Å². The molecule has 4 bridgehead atoms. The molecule has 28 heavy (non-hydrogen) atoms. The number of urea groups is 1. The lowest BCUT2D eigenvalue weighted by atomic mass is 9.48. The first kappa shape index (κ1) is 18.0. The number of nitrogens with zero attached hydrogens (tertiary/aromatic N) is 1. The summed E-state index contributed by atoms with van der Waals surface area (Å²) < 4.78 is 5.70. The van der Waals surface area contributed by atoms with Crippen LogP contribution < -0.4 is 10.1 Å². The Labute approximate surface area is 165 Å². The van der Waals surface area contributed by atoms with Crippen LogP contribution in [0.5, 0.6) is 5.75 Å². The second kappa shape index (κ2) is 6.76. The van der Waals surface area contributed by atoms with Crippen LogP contribution in [0.25, 0.3) is 0 Å². The maximum absolute atomic E-state index is 11.6. The molecular weight excluding hydrogens is 356 g/mol. The topological polar surface area (TPSA) is 78.9 Å². The number of hydrogen-bond acceptors (Lipinski definition) is 4. The smallest absolute Gasteiger partial charge is 0.324 e. The zero-order valence-corrected chi connectivity index (χ0v) is 16.1. The first-order valence-electron chi connectivity index (χ1n) is 10.5. The molecule has 1 aliphatic heterocycles. The maximum atomic E-state index is 11.6. The number of imide groups is 1. The van der Waals surface area contributed by atoms with Crippen molar-refractivity contribution in [1.82, 2.24) is 10.2 Å². The average molecular weight is 384 g/mol. The van der Waals surface area contributed by atoms with E-state index in [1.807, 2.05) is 12.1 Å². The minimum absolute atomic E-state index is 0.00179. The van der Waals surface area contributed by atoms with Gasteiger partial charge in [0.05, 0.1) is 13.1 Å². The highest BCUT2D eigenvalue weighted by atomic mass is 16.5. The monoisotopic (exact) mass is 384 g/mol. The van der Waals surface area contributed by atoms with Gasteiger partial charge in [0, 0.05) is 0 Å². The van der Waals surface area contributed by atoms with Gasteiger partial charge < -0.3 is 15.2 Å². The molecule has 1 atom stereocenters. The number of hydrogen-bond donors (Lipinski definition) is 2. The molecule has 1 aromatic carbocycles. The Morgan fingerprint density at radius 3 is 2.21 bits per heavy atom. The van der Waals surface area contributed by atoms with Gasteiger partial charge in [-0.2, -0.15) is 0 Å². The SMILES string of the molecule is O=C1CNC(=O)N1C[C@@H](O)COc1ccc(C23CC4CC(CC(C4)C2)C3)cc1. The van der Waals surface area contributed by atoms with Gasteiger partial charge in [-0.25, -0.2) is 4.79 Å². The van der Waals surface area contributed by atoms with Gasteiger partial charge in [0.15, 0.2) is 0 Å². The Bertz CT molecular complexity index is 724. The number of aliphatic hydroxyl groups excluding tert-OH is 1. The molecule has 6 nitrogen and oxygen atoms in total. The fraction of sp³-hybridized carbons (Fsp3) is 0.636. The number of carbonyl (C=O) groups excluding carboxylic acids is 2. The molecule has 6 heteroatoms. The Balaban J connectivity index is 1.19. The van der Waals surface area contributed by atoms with Gasteiger partial charge in [-0.05, 0) is 79.4 Å². The number of carbonyl (C=O) groups is 2. The van der Waals surface area contributed by atoms with Crippen LogP contribution in [-0.2, 0) is 10.2 Å². The molecule has 6 rings (SSSR count). The van der Waals surface area contributed by atoms with Crippen molar-refractivity contribution in [2.45, 2.75) is 50.0 Å². The van der Waals surface area contributed by atoms with E-state index in [-0.39, 0.29) is 25.6 Å². The van der Waals surface area contributed by atoms with E-state index >= 15 is 0 Å². The summed E-state index contributed by atoms with van der Waals surface area (Å²) in [4.78, 5) is 24.2. The van der Waals surface area contributed by atoms with Gasteiger partial charge >= 0.3 is 6.03 Å². The van der Waals surface area contributed by atoms with E-state index < -0.39 is 12.1 Å². The predicted molar refractivity (Wildman–Crippen MR) is 103 cm³/mol. The normalized spacial score (nSPS) is 34.6. The fourth-order valence-corrected chi connectivity index (χ4v) is 6.46. The average Bonchev–Trinajstić information content (AvgIpc) is 2.98. The largest absolute Gasteiger partial charge is 0.491 e. The molecule has 1 saturated heterocycles. The van der Waals surface area contributed by atoms with Crippen LogP contribution >= 0.6 is 0 Å². The molecule has 4 aliphatic carbocycles. The maximum Gasteiger partial charge on any atom is 0.324 e. The summed E-state index contributed by atoms with van der Waals surface area (Å²) in [5, 5.41) is 12.6. The standard InChI is InChI=1S/C22H28N2O4/c25-18(12-24-20(26)11-23-21(24)27)13-28-19-3-1-17(2-4-19)22-8-14-5-15(9-22)7-16(6-14)10-22/h1-4,14-16,18,25H,5-13H2,(H,23,27)/t14?,15?,16?,18-,22?/m1/s1. The lowest BCUT2D eigenvalue weighted by Crippen LogP contribution is -2.48. The molecule has 1 heterocycles. The number of amides is 3. The van der Waals surface area contributed by atoms with Crippen LogP contribution in [0, 0.1) is 17.8 Å². The Kier molecular flexibility index (Phi) is 4.34. The number of ether oxygens (including phenoxy) is 1. The van der Waals surface area contributed by atoms with Gasteiger partial charge in [0.2, 0.25) is 5.91 Å². The van der Waals surface area contributed by atoms with E-state index in [0.29, 0.717) is 11.2 Å². The summed E-state index contributed by atoms with van der Waals surface area (Å²) in [6.07, 6.45) is 7.43. The second-order valence-electron chi connectivity index (χ2n) is 9.35. The van der Waals surface area contributed by atoms with E-state index in [9.17, 15) is 14.7 Å². The van der Waals surface area contributed by atoms with Crippen molar-refractivity contribution >= 4 is 11.9 Å². The molecule has 5 fully saturated rings. The number of rotatable bonds is 6.